The SMILES string of the molecule is CC(C)CC(CC1CC1C)[C@H](C)N. The van der Waals surface area contributed by atoms with Crippen LogP contribution in [0.1, 0.15) is 47.0 Å². The Hall–Kier alpha value is -0.0400. The lowest BCUT2D eigenvalue weighted by Gasteiger charge is -2.22. The summed E-state index contributed by atoms with van der Waals surface area (Å²) in [6.07, 6.45) is 4.12. The van der Waals surface area contributed by atoms with Crippen molar-refractivity contribution in [3.05, 3.63) is 0 Å². The molecule has 0 aromatic heterocycles. The third kappa shape index (κ3) is 3.68. The van der Waals surface area contributed by atoms with E-state index >= 15 is 0 Å². The Kier molecular flexibility index (Phi) is 3.78. The topological polar surface area (TPSA) is 26.0 Å². The Bertz CT molecular complexity index is 151. The summed E-state index contributed by atoms with van der Waals surface area (Å²) in [7, 11) is 0. The molecule has 0 bridgehead atoms. The average Bonchev–Trinajstić information content (AvgIpc) is 2.64. The molecule has 1 saturated carbocycles. The molecule has 1 nitrogen and oxygen atoms in total. The zero-order valence-electron chi connectivity index (χ0n) is 9.59. The van der Waals surface area contributed by atoms with E-state index in [0.717, 1.165) is 23.7 Å². The van der Waals surface area contributed by atoms with E-state index in [9.17, 15) is 0 Å². The summed E-state index contributed by atoms with van der Waals surface area (Å²) in [5.41, 5.74) is 6.01. The molecule has 0 heterocycles. The summed E-state index contributed by atoms with van der Waals surface area (Å²) in [4.78, 5) is 0. The van der Waals surface area contributed by atoms with E-state index in [2.05, 4.69) is 27.7 Å². The van der Waals surface area contributed by atoms with E-state index in [4.69, 9.17) is 5.73 Å². The Morgan fingerprint density at radius 1 is 1.31 bits per heavy atom. The van der Waals surface area contributed by atoms with Gasteiger partial charge in [-0.25, -0.2) is 0 Å². The third-order valence-corrected chi connectivity index (χ3v) is 3.40. The highest BCUT2D eigenvalue weighted by Crippen LogP contribution is 2.43. The summed E-state index contributed by atoms with van der Waals surface area (Å²) in [6, 6.07) is 0.384. The Labute approximate surface area is 83.1 Å². The molecule has 0 aromatic rings. The molecule has 0 amide bonds. The Morgan fingerprint density at radius 3 is 2.15 bits per heavy atom. The molecule has 0 aromatic carbocycles. The van der Waals surface area contributed by atoms with Gasteiger partial charge in [-0.3, -0.25) is 0 Å². The molecule has 1 aliphatic rings. The van der Waals surface area contributed by atoms with Gasteiger partial charge in [0.25, 0.3) is 0 Å². The van der Waals surface area contributed by atoms with E-state index in [1.807, 2.05) is 0 Å². The number of rotatable bonds is 5. The largest absolute Gasteiger partial charge is 0.328 e. The normalized spacial score (nSPS) is 31.8. The first kappa shape index (κ1) is 11.0. The highest BCUT2D eigenvalue weighted by Gasteiger charge is 2.35. The van der Waals surface area contributed by atoms with Crippen LogP contribution in [0.4, 0.5) is 0 Å². The van der Waals surface area contributed by atoms with Crippen LogP contribution < -0.4 is 5.73 Å². The zero-order chi connectivity index (χ0) is 10.0. The molecule has 78 valence electrons. The summed E-state index contributed by atoms with van der Waals surface area (Å²) in [5, 5.41) is 0. The van der Waals surface area contributed by atoms with Crippen LogP contribution >= 0.6 is 0 Å². The summed E-state index contributed by atoms with van der Waals surface area (Å²) >= 11 is 0. The van der Waals surface area contributed by atoms with Gasteiger partial charge >= 0.3 is 0 Å². The fraction of sp³-hybridized carbons (Fsp3) is 1.00. The van der Waals surface area contributed by atoms with Crippen molar-refractivity contribution >= 4 is 0 Å². The lowest BCUT2D eigenvalue weighted by molar-refractivity contribution is 0.320. The second kappa shape index (κ2) is 4.45. The van der Waals surface area contributed by atoms with Gasteiger partial charge in [0, 0.05) is 6.04 Å². The van der Waals surface area contributed by atoms with Crippen molar-refractivity contribution in [1.82, 2.24) is 0 Å². The van der Waals surface area contributed by atoms with Crippen LogP contribution in [-0.2, 0) is 0 Å². The van der Waals surface area contributed by atoms with Crippen LogP contribution in [0.2, 0.25) is 0 Å². The lowest BCUT2D eigenvalue weighted by Crippen LogP contribution is -2.28. The highest BCUT2D eigenvalue weighted by atomic mass is 14.6. The van der Waals surface area contributed by atoms with E-state index in [1.54, 1.807) is 0 Å². The smallest absolute Gasteiger partial charge is 0.00389 e. The van der Waals surface area contributed by atoms with Crippen molar-refractivity contribution in [2.45, 2.75) is 53.0 Å². The standard InChI is InChI=1S/C12H25N/c1-8(2)5-12(10(4)13)7-11-6-9(11)3/h8-12H,5-7,13H2,1-4H3/t9?,10-,11?,12?/m0/s1. The predicted octanol–water partition coefficient (Wildman–Crippen LogP) is 3.04. The zero-order valence-corrected chi connectivity index (χ0v) is 9.59. The maximum atomic E-state index is 6.01. The predicted molar refractivity (Wildman–Crippen MR) is 58.5 cm³/mol. The van der Waals surface area contributed by atoms with Crippen molar-refractivity contribution < 1.29 is 0 Å². The molecule has 0 saturated heterocycles. The number of hydrogen-bond acceptors (Lipinski definition) is 1. The molecule has 1 rings (SSSR count). The van der Waals surface area contributed by atoms with Crippen molar-refractivity contribution in [1.29, 1.82) is 0 Å². The van der Waals surface area contributed by atoms with E-state index in [0.29, 0.717) is 6.04 Å². The molecule has 3 unspecified atom stereocenters. The van der Waals surface area contributed by atoms with Gasteiger partial charge in [0.2, 0.25) is 0 Å². The molecular weight excluding hydrogens is 158 g/mol. The minimum Gasteiger partial charge on any atom is -0.328 e. The molecule has 1 aliphatic carbocycles. The minimum atomic E-state index is 0.384. The first-order valence-electron chi connectivity index (χ1n) is 5.76. The first-order valence-corrected chi connectivity index (χ1v) is 5.76. The quantitative estimate of drug-likeness (QED) is 0.696. The molecule has 0 spiro atoms. The van der Waals surface area contributed by atoms with Gasteiger partial charge in [0.1, 0.15) is 0 Å². The lowest BCUT2D eigenvalue weighted by atomic mass is 9.87. The van der Waals surface area contributed by atoms with Crippen LogP contribution in [0.5, 0.6) is 0 Å². The maximum absolute atomic E-state index is 6.01. The fourth-order valence-electron chi connectivity index (χ4n) is 2.25. The molecule has 0 radical (unpaired) electrons. The minimum absolute atomic E-state index is 0.384. The van der Waals surface area contributed by atoms with Crippen molar-refractivity contribution in [2.75, 3.05) is 0 Å². The highest BCUT2D eigenvalue weighted by molar-refractivity contribution is 4.86. The summed E-state index contributed by atoms with van der Waals surface area (Å²) < 4.78 is 0. The number of hydrogen-bond donors (Lipinski definition) is 1. The van der Waals surface area contributed by atoms with Crippen LogP contribution in [0.15, 0.2) is 0 Å². The van der Waals surface area contributed by atoms with Gasteiger partial charge in [-0.2, -0.15) is 0 Å². The molecular formula is C12H25N. The molecule has 2 N–H and O–H groups in total. The van der Waals surface area contributed by atoms with Crippen molar-refractivity contribution in [3.63, 3.8) is 0 Å². The van der Waals surface area contributed by atoms with Gasteiger partial charge < -0.3 is 5.73 Å². The molecule has 13 heavy (non-hydrogen) atoms. The maximum Gasteiger partial charge on any atom is 0.00389 e. The molecule has 1 fully saturated rings. The monoisotopic (exact) mass is 183 g/mol. The average molecular weight is 183 g/mol. The van der Waals surface area contributed by atoms with Crippen molar-refractivity contribution in [3.8, 4) is 0 Å². The Balaban J connectivity index is 2.29. The second-order valence-electron chi connectivity index (χ2n) is 5.46. The van der Waals surface area contributed by atoms with E-state index < -0.39 is 0 Å². The second-order valence-corrected chi connectivity index (χ2v) is 5.46. The van der Waals surface area contributed by atoms with Crippen LogP contribution in [0, 0.1) is 23.7 Å². The summed E-state index contributed by atoms with van der Waals surface area (Å²) in [5.74, 6) is 3.53. The van der Waals surface area contributed by atoms with Gasteiger partial charge in [0.05, 0.1) is 0 Å². The van der Waals surface area contributed by atoms with Crippen LogP contribution in [0.3, 0.4) is 0 Å². The van der Waals surface area contributed by atoms with Gasteiger partial charge in [-0.05, 0) is 49.9 Å². The van der Waals surface area contributed by atoms with E-state index in [1.165, 1.54) is 19.3 Å². The first-order chi connectivity index (χ1) is 6.00. The molecule has 0 aliphatic heterocycles. The Morgan fingerprint density at radius 2 is 1.85 bits per heavy atom. The summed E-state index contributed by atoms with van der Waals surface area (Å²) in [6.45, 7) is 9.12. The molecule has 4 atom stereocenters. The van der Waals surface area contributed by atoms with Gasteiger partial charge in [-0.15, -0.1) is 0 Å². The van der Waals surface area contributed by atoms with Gasteiger partial charge in [-0.1, -0.05) is 20.8 Å². The van der Waals surface area contributed by atoms with Crippen LogP contribution in [0.25, 0.3) is 0 Å². The van der Waals surface area contributed by atoms with Gasteiger partial charge in [0.15, 0.2) is 0 Å². The van der Waals surface area contributed by atoms with Crippen LogP contribution in [-0.4, -0.2) is 6.04 Å². The fourth-order valence-corrected chi connectivity index (χ4v) is 2.25. The van der Waals surface area contributed by atoms with E-state index in [-0.39, 0.29) is 0 Å². The number of nitrogens with two attached hydrogens (primary N) is 1. The molecule has 1 heteroatoms. The third-order valence-electron chi connectivity index (χ3n) is 3.40. The van der Waals surface area contributed by atoms with Crippen molar-refractivity contribution in [2.24, 2.45) is 29.4 Å².